The summed E-state index contributed by atoms with van der Waals surface area (Å²) in [6.07, 6.45) is 1.42. The SMILES string of the molecule is COc1cccc(/C=N\NC(=O)C(=O)Nc2cc(C)ccc2OC)c1. The summed E-state index contributed by atoms with van der Waals surface area (Å²) in [5, 5.41) is 6.27. The summed E-state index contributed by atoms with van der Waals surface area (Å²) in [4.78, 5) is 23.8. The zero-order valence-electron chi connectivity index (χ0n) is 14.2. The van der Waals surface area contributed by atoms with Gasteiger partial charge >= 0.3 is 11.8 Å². The summed E-state index contributed by atoms with van der Waals surface area (Å²) < 4.78 is 10.2. The molecule has 0 aliphatic carbocycles. The minimum Gasteiger partial charge on any atom is -0.497 e. The molecule has 2 aromatic carbocycles. The molecule has 0 unspecified atom stereocenters. The van der Waals surface area contributed by atoms with Crippen LogP contribution in [0.25, 0.3) is 0 Å². The van der Waals surface area contributed by atoms with Gasteiger partial charge in [0.05, 0.1) is 26.1 Å². The van der Waals surface area contributed by atoms with Gasteiger partial charge < -0.3 is 14.8 Å². The lowest BCUT2D eigenvalue weighted by molar-refractivity contribution is -0.136. The van der Waals surface area contributed by atoms with Crippen LogP contribution in [-0.2, 0) is 9.59 Å². The van der Waals surface area contributed by atoms with Crippen molar-refractivity contribution >= 4 is 23.7 Å². The van der Waals surface area contributed by atoms with Gasteiger partial charge in [-0.05, 0) is 42.3 Å². The third kappa shape index (κ3) is 5.07. The topological polar surface area (TPSA) is 89.0 Å². The summed E-state index contributed by atoms with van der Waals surface area (Å²) in [5.74, 6) is -0.597. The van der Waals surface area contributed by atoms with Crippen LogP contribution in [0.3, 0.4) is 0 Å². The predicted molar refractivity (Wildman–Crippen MR) is 95.1 cm³/mol. The minimum absolute atomic E-state index is 0.416. The van der Waals surface area contributed by atoms with E-state index in [9.17, 15) is 9.59 Å². The van der Waals surface area contributed by atoms with Crippen molar-refractivity contribution < 1.29 is 19.1 Å². The molecule has 0 heterocycles. The average Bonchev–Trinajstić information content (AvgIpc) is 2.62. The largest absolute Gasteiger partial charge is 0.497 e. The smallest absolute Gasteiger partial charge is 0.329 e. The van der Waals surface area contributed by atoms with Crippen molar-refractivity contribution in [3.63, 3.8) is 0 Å². The fourth-order valence-corrected chi connectivity index (χ4v) is 2.04. The third-order valence-corrected chi connectivity index (χ3v) is 3.28. The number of rotatable bonds is 5. The number of carbonyl (C=O) groups excluding carboxylic acids is 2. The Morgan fingerprint density at radius 2 is 1.84 bits per heavy atom. The van der Waals surface area contributed by atoms with Crippen LogP contribution in [0, 0.1) is 6.92 Å². The van der Waals surface area contributed by atoms with Crippen LogP contribution in [0.4, 0.5) is 5.69 Å². The zero-order chi connectivity index (χ0) is 18.2. The molecule has 0 fully saturated rings. The maximum Gasteiger partial charge on any atom is 0.329 e. The Labute approximate surface area is 145 Å². The molecule has 0 aliphatic rings. The van der Waals surface area contributed by atoms with E-state index in [2.05, 4.69) is 15.8 Å². The number of carbonyl (C=O) groups is 2. The fraction of sp³-hybridized carbons (Fsp3) is 0.167. The van der Waals surface area contributed by atoms with Crippen LogP contribution in [0.2, 0.25) is 0 Å². The number of amides is 2. The monoisotopic (exact) mass is 341 g/mol. The average molecular weight is 341 g/mol. The minimum atomic E-state index is -0.886. The Bertz CT molecular complexity index is 803. The molecule has 0 saturated heterocycles. The Morgan fingerprint density at radius 1 is 1.04 bits per heavy atom. The Balaban J connectivity index is 1.97. The normalized spacial score (nSPS) is 10.4. The molecule has 0 saturated carbocycles. The molecule has 2 N–H and O–H groups in total. The highest BCUT2D eigenvalue weighted by atomic mass is 16.5. The van der Waals surface area contributed by atoms with Crippen molar-refractivity contribution in [2.45, 2.75) is 6.92 Å². The molecule has 2 aromatic rings. The molecule has 7 heteroatoms. The lowest BCUT2D eigenvalue weighted by atomic mass is 10.2. The van der Waals surface area contributed by atoms with E-state index in [0.29, 0.717) is 17.2 Å². The summed E-state index contributed by atoms with van der Waals surface area (Å²) >= 11 is 0. The predicted octanol–water partition coefficient (Wildman–Crippen LogP) is 2.10. The Kier molecular flexibility index (Phi) is 6.11. The Morgan fingerprint density at radius 3 is 2.56 bits per heavy atom. The molecule has 0 aromatic heterocycles. The molecule has 130 valence electrons. The lowest BCUT2D eigenvalue weighted by Gasteiger charge is -2.10. The highest BCUT2D eigenvalue weighted by Gasteiger charge is 2.15. The second kappa shape index (κ2) is 8.49. The lowest BCUT2D eigenvalue weighted by Crippen LogP contribution is -2.32. The maximum absolute atomic E-state index is 12.0. The van der Waals surface area contributed by atoms with Crippen molar-refractivity contribution in [3.05, 3.63) is 53.6 Å². The van der Waals surface area contributed by atoms with Gasteiger partial charge in [0.2, 0.25) is 0 Å². The number of aryl methyl sites for hydroxylation is 1. The van der Waals surface area contributed by atoms with Gasteiger partial charge in [-0.25, -0.2) is 5.43 Å². The number of methoxy groups -OCH3 is 2. The van der Waals surface area contributed by atoms with Crippen LogP contribution in [-0.4, -0.2) is 32.2 Å². The van der Waals surface area contributed by atoms with Gasteiger partial charge in [-0.2, -0.15) is 5.10 Å². The quantitative estimate of drug-likeness (QED) is 0.495. The second-order valence-corrected chi connectivity index (χ2v) is 5.13. The van der Waals surface area contributed by atoms with Crippen molar-refractivity contribution in [1.29, 1.82) is 0 Å². The third-order valence-electron chi connectivity index (χ3n) is 3.28. The van der Waals surface area contributed by atoms with E-state index in [1.165, 1.54) is 13.3 Å². The molecule has 0 atom stereocenters. The van der Waals surface area contributed by atoms with Crippen molar-refractivity contribution in [3.8, 4) is 11.5 Å². The van der Waals surface area contributed by atoms with Gasteiger partial charge in [-0.3, -0.25) is 9.59 Å². The molecule has 0 aliphatic heterocycles. The first-order valence-corrected chi connectivity index (χ1v) is 7.46. The number of hydrogen-bond donors (Lipinski definition) is 2. The number of benzene rings is 2. The van der Waals surface area contributed by atoms with E-state index in [-0.39, 0.29) is 0 Å². The van der Waals surface area contributed by atoms with E-state index in [1.54, 1.807) is 43.5 Å². The summed E-state index contributed by atoms with van der Waals surface area (Å²) in [6.45, 7) is 1.87. The van der Waals surface area contributed by atoms with Gasteiger partial charge in [0.1, 0.15) is 11.5 Å². The standard InChI is InChI=1S/C18H19N3O4/c1-12-7-8-16(25-3)15(9-12)20-17(22)18(23)21-19-11-13-5-4-6-14(10-13)24-2/h4-11H,1-3H3,(H,20,22)(H,21,23)/b19-11-. The number of hydrazone groups is 1. The number of hydrogen-bond acceptors (Lipinski definition) is 5. The highest BCUT2D eigenvalue weighted by molar-refractivity contribution is 6.39. The van der Waals surface area contributed by atoms with Crippen molar-refractivity contribution in [2.24, 2.45) is 5.10 Å². The van der Waals surface area contributed by atoms with Gasteiger partial charge in [0, 0.05) is 0 Å². The van der Waals surface area contributed by atoms with Crippen LogP contribution in [0.15, 0.2) is 47.6 Å². The van der Waals surface area contributed by atoms with E-state index < -0.39 is 11.8 Å². The molecule has 0 spiro atoms. The fourth-order valence-electron chi connectivity index (χ4n) is 2.04. The molecule has 0 bridgehead atoms. The number of nitrogens with one attached hydrogen (secondary N) is 2. The van der Waals surface area contributed by atoms with Crippen molar-refractivity contribution in [2.75, 3.05) is 19.5 Å². The van der Waals surface area contributed by atoms with E-state index in [0.717, 1.165) is 11.1 Å². The number of nitrogens with zero attached hydrogens (tertiary/aromatic N) is 1. The second-order valence-electron chi connectivity index (χ2n) is 5.13. The zero-order valence-corrected chi connectivity index (χ0v) is 14.2. The van der Waals surface area contributed by atoms with E-state index in [4.69, 9.17) is 9.47 Å². The molecular formula is C18H19N3O4. The summed E-state index contributed by atoms with van der Waals surface area (Å²) in [5.41, 5.74) is 4.24. The van der Waals surface area contributed by atoms with Crippen molar-refractivity contribution in [1.82, 2.24) is 5.43 Å². The van der Waals surface area contributed by atoms with Crippen LogP contribution >= 0.6 is 0 Å². The molecule has 7 nitrogen and oxygen atoms in total. The molecule has 25 heavy (non-hydrogen) atoms. The summed E-state index contributed by atoms with van der Waals surface area (Å²) in [7, 11) is 3.04. The highest BCUT2D eigenvalue weighted by Crippen LogP contribution is 2.24. The first kappa shape index (κ1) is 18.0. The van der Waals surface area contributed by atoms with Crippen LogP contribution in [0.5, 0.6) is 11.5 Å². The molecule has 2 amide bonds. The van der Waals surface area contributed by atoms with E-state index in [1.807, 2.05) is 13.0 Å². The summed E-state index contributed by atoms with van der Waals surface area (Å²) in [6, 6.07) is 12.4. The maximum atomic E-state index is 12.0. The van der Waals surface area contributed by atoms with Crippen LogP contribution in [0.1, 0.15) is 11.1 Å². The molecule has 0 radical (unpaired) electrons. The van der Waals surface area contributed by atoms with Gasteiger partial charge in [0.15, 0.2) is 0 Å². The molecular weight excluding hydrogens is 322 g/mol. The van der Waals surface area contributed by atoms with Crippen LogP contribution < -0.4 is 20.2 Å². The van der Waals surface area contributed by atoms with Gasteiger partial charge in [-0.1, -0.05) is 18.2 Å². The van der Waals surface area contributed by atoms with Gasteiger partial charge in [-0.15, -0.1) is 0 Å². The first-order chi connectivity index (χ1) is 12.0. The van der Waals surface area contributed by atoms with E-state index >= 15 is 0 Å². The molecule has 2 rings (SSSR count). The Hall–Kier alpha value is -3.35. The first-order valence-electron chi connectivity index (χ1n) is 7.46. The number of ether oxygens (including phenoxy) is 2. The number of anilines is 1. The van der Waals surface area contributed by atoms with Gasteiger partial charge in [0.25, 0.3) is 0 Å².